The predicted molar refractivity (Wildman–Crippen MR) is 69.9 cm³/mol. The van der Waals surface area contributed by atoms with Gasteiger partial charge in [0.15, 0.2) is 0 Å². The molecular weight excluding hydrogens is 212 g/mol. The second-order valence-electron chi connectivity index (χ2n) is 3.96. The number of nitrogen functional groups attached to an aromatic ring is 2. The number of imidazole rings is 1. The summed E-state index contributed by atoms with van der Waals surface area (Å²) in [6, 6.07) is 13.4. The van der Waals surface area contributed by atoms with Gasteiger partial charge in [-0.2, -0.15) is 0 Å². The number of benzene rings is 2. The molecular formula is C13H12N4. The van der Waals surface area contributed by atoms with E-state index in [2.05, 4.69) is 4.98 Å². The second kappa shape index (κ2) is 3.52. The van der Waals surface area contributed by atoms with Gasteiger partial charge in [0.05, 0.1) is 16.7 Å². The van der Waals surface area contributed by atoms with Crippen LogP contribution in [0.1, 0.15) is 0 Å². The monoisotopic (exact) mass is 224 g/mol. The molecule has 0 unspecified atom stereocenters. The summed E-state index contributed by atoms with van der Waals surface area (Å²) in [4.78, 5) is 4.34. The lowest BCUT2D eigenvalue weighted by Crippen LogP contribution is -1.97. The van der Waals surface area contributed by atoms with Crippen LogP contribution < -0.4 is 11.5 Å². The number of nitrogens with two attached hydrogens (primary N) is 2. The maximum absolute atomic E-state index is 5.80. The van der Waals surface area contributed by atoms with Gasteiger partial charge in [-0.1, -0.05) is 12.1 Å². The Bertz CT molecular complexity index is 664. The van der Waals surface area contributed by atoms with Gasteiger partial charge in [0.2, 0.25) is 0 Å². The Labute approximate surface area is 98.5 Å². The Morgan fingerprint density at radius 2 is 1.65 bits per heavy atom. The summed E-state index contributed by atoms with van der Waals surface area (Å²) in [6.07, 6.45) is 1.78. The van der Waals surface area contributed by atoms with E-state index in [1.807, 2.05) is 41.0 Å². The summed E-state index contributed by atoms with van der Waals surface area (Å²) in [6.45, 7) is 0. The molecule has 0 amide bonds. The van der Waals surface area contributed by atoms with Gasteiger partial charge in [0.1, 0.15) is 6.33 Å². The summed E-state index contributed by atoms with van der Waals surface area (Å²) in [5.41, 5.74) is 15.8. The molecule has 0 aliphatic rings. The Morgan fingerprint density at radius 1 is 0.941 bits per heavy atom. The molecule has 0 saturated carbocycles. The Kier molecular flexibility index (Phi) is 2.01. The van der Waals surface area contributed by atoms with Crippen LogP contribution in [-0.4, -0.2) is 9.55 Å². The van der Waals surface area contributed by atoms with E-state index in [-0.39, 0.29) is 0 Å². The predicted octanol–water partition coefficient (Wildman–Crippen LogP) is 2.19. The molecule has 0 radical (unpaired) electrons. The van der Waals surface area contributed by atoms with Crippen LogP contribution in [0.3, 0.4) is 0 Å². The van der Waals surface area contributed by atoms with Crippen molar-refractivity contribution < 1.29 is 0 Å². The molecule has 4 heteroatoms. The summed E-state index contributed by atoms with van der Waals surface area (Å²) < 4.78 is 1.97. The number of nitrogens with zero attached hydrogens (tertiary/aromatic N) is 2. The molecule has 0 aliphatic heterocycles. The minimum atomic E-state index is 0.651. The third kappa shape index (κ3) is 1.59. The third-order valence-electron chi connectivity index (χ3n) is 2.69. The van der Waals surface area contributed by atoms with Gasteiger partial charge < -0.3 is 11.5 Å². The molecule has 1 heterocycles. The van der Waals surface area contributed by atoms with Gasteiger partial charge in [-0.05, 0) is 30.3 Å². The maximum Gasteiger partial charge on any atom is 0.100 e. The molecule has 1 aromatic heterocycles. The van der Waals surface area contributed by atoms with Crippen molar-refractivity contribution >= 4 is 22.4 Å². The van der Waals surface area contributed by atoms with Crippen LogP contribution >= 0.6 is 0 Å². The zero-order chi connectivity index (χ0) is 11.8. The molecule has 0 atom stereocenters. The molecule has 3 rings (SSSR count). The van der Waals surface area contributed by atoms with Crippen LogP contribution in [0, 0.1) is 0 Å². The molecule has 84 valence electrons. The average Bonchev–Trinajstić information content (AvgIpc) is 2.71. The first-order valence-electron chi connectivity index (χ1n) is 5.32. The summed E-state index contributed by atoms with van der Waals surface area (Å²) in [5.74, 6) is 0. The Hall–Kier alpha value is -2.49. The minimum Gasteiger partial charge on any atom is -0.399 e. The molecule has 0 aliphatic carbocycles. The van der Waals surface area contributed by atoms with E-state index >= 15 is 0 Å². The summed E-state index contributed by atoms with van der Waals surface area (Å²) >= 11 is 0. The first kappa shape index (κ1) is 9.72. The SMILES string of the molecule is Nc1cc(N)cc(-n2cnc3ccccc32)c1. The van der Waals surface area contributed by atoms with E-state index in [0.29, 0.717) is 11.4 Å². The largest absolute Gasteiger partial charge is 0.399 e. The van der Waals surface area contributed by atoms with Crippen LogP contribution in [-0.2, 0) is 0 Å². The van der Waals surface area contributed by atoms with Crippen LogP contribution in [0.5, 0.6) is 0 Å². The number of fused-ring (bicyclic) bond motifs is 1. The van der Waals surface area contributed by atoms with E-state index < -0.39 is 0 Å². The molecule has 0 spiro atoms. The standard InChI is InChI=1S/C13H12N4/c14-9-5-10(15)7-11(6-9)17-8-16-12-3-1-2-4-13(12)17/h1-8H,14-15H2. The quantitative estimate of drug-likeness (QED) is 0.622. The van der Waals surface area contributed by atoms with Crippen molar-refractivity contribution in [2.24, 2.45) is 0 Å². The lowest BCUT2D eigenvalue weighted by atomic mass is 10.2. The Balaban J connectivity index is 2.27. The van der Waals surface area contributed by atoms with Crippen LogP contribution in [0.15, 0.2) is 48.8 Å². The average molecular weight is 224 g/mol. The fourth-order valence-electron chi connectivity index (χ4n) is 1.96. The van der Waals surface area contributed by atoms with Crippen LogP contribution in [0.4, 0.5) is 11.4 Å². The van der Waals surface area contributed by atoms with Crippen molar-refractivity contribution in [2.45, 2.75) is 0 Å². The van der Waals surface area contributed by atoms with Gasteiger partial charge in [0.25, 0.3) is 0 Å². The first-order valence-corrected chi connectivity index (χ1v) is 5.32. The lowest BCUT2D eigenvalue weighted by molar-refractivity contribution is 1.09. The van der Waals surface area contributed by atoms with Gasteiger partial charge >= 0.3 is 0 Å². The fraction of sp³-hybridized carbons (Fsp3) is 0. The minimum absolute atomic E-state index is 0.651. The topological polar surface area (TPSA) is 69.9 Å². The van der Waals surface area contributed by atoms with Gasteiger partial charge in [-0.3, -0.25) is 4.57 Å². The fourth-order valence-corrected chi connectivity index (χ4v) is 1.96. The number of para-hydroxylation sites is 2. The van der Waals surface area contributed by atoms with E-state index in [1.165, 1.54) is 0 Å². The molecule has 3 aromatic rings. The van der Waals surface area contributed by atoms with Crippen molar-refractivity contribution in [1.82, 2.24) is 9.55 Å². The van der Waals surface area contributed by atoms with Gasteiger partial charge in [0, 0.05) is 11.4 Å². The molecule has 0 fully saturated rings. The number of hydrogen-bond acceptors (Lipinski definition) is 3. The second-order valence-corrected chi connectivity index (χ2v) is 3.96. The molecule has 2 aromatic carbocycles. The van der Waals surface area contributed by atoms with E-state index in [4.69, 9.17) is 11.5 Å². The highest BCUT2D eigenvalue weighted by atomic mass is 15.0. The zero-order valence-corrected chi connectivity index (χ0v) is 9.17. The third-order valence-corrected chi connectivity index (χ3v) is 2.69. The van der Waals surface area contributed by atoms with E-state index in [1.54, 1.807) is 12.4 Å². The maximum atomic E-state index is 5.80. The van der Waals surface area contributed by atoms with E-state index in [9.17, 15) is 0 Å². The van der Waals surface area contributed by atoms with Gasteiger partial charge in [-0.15, -0.1) is 0 Å². The van der Waals surface area contributed by atoms with Gasteiger partial charge in [-0.25, -0.2) is 4.98 Å². The van der Waals surface area contributed by atoms with Crippen molar-refractivity contribution in [3.63, 3.8) is 0 Å². The smallest absolute Gasteiger partial charge is 0.100 e. The number of aromatic nitrogens is 2. The Morgan fingerprint density at radius 3 is 2.41 bits per heavy atom. The normalized spacial score (nSPS) is 10.8. The molecule has 0 saturated heterocycles. The summed E-state index contributed by atoms with van der Waals surface area (Å²) in [5, 5.41) is 0. The lowest BCUT2D eigenvalue weighted by Gasteiger charge is -2.06. The highest BCUT2D eigenvalue weighted by Crippen LogP contribution is 2.21. The summed E-state index contributed by atoms with van der Waals surface area (Å²) in [7, 11) is 0. The zero-order valence-electron chi connectivity index (χ0n) is 9.17. The van der Waals surface area contributed by atoms with Crippen molar-refractivity contribution in [3.05, 3.63) is 48.8 Å². The molecule has 17 heavy (non-hydrogen) atoms. The molecule has 4 nitrogen and oxygen atoms in total. The molecule has 4 N–H and O–H groups in total. The van der Waals surface area contributed by atoms with Crippen molar-refractivity contribution in [2.75, 3.05) is 11.5 Å². The highest BCUT2D eigenvalue weighted by molar-refractivity contribution is 5.78. The first-order chi connectivity index (χ1) is 8.24. The van der Waals surface area contributed by atoms with E-state index in [0.717, 1.165) is 16.7 Å². The van der Waals surface area contributed by atoms with Crippen LogP contribution in [0.25, 0.3) is 16.7 Å². The van der Waals surface area contributed by atoms with Crippen LogP contribution in [0.2, 0.25) is 0 Å². The van der Waals surface area contributed by atoms with Crippen molar-refractivity contribution in [3.8, 4) is 5.69 Å². The van der Waals surface area contributed by atoms with Crippen molar-refractivity contribution in [1.29, 1.82) is 0 Å². The molecule has 0 bridgehead atoms. The number of hydrogen-bond donors (Lipinski definition) is 2. The highest BCUT2D eigenvalue weighted by Gasteiger charge is 2.04. The number of rotatable bonds is 1. The number of anilines is 2.